The second-order valence-electron chi connectivity index (χ2n) is 4.07. The normalized spacial score (nSPS) is 12.1. The number of hydrogen-bond donors (Lipinski definition) is 3. The van der Waals surface area contributed by atoms with Crippen LogP contribution in [0.15, 0.2) is 12.4 Å². The maximum atomic E-state index is 10.8. The predicted octanol–water partition coefficient (Wildman–Crippen LogP) is -0.858. The number of amides is 1. The second kappa shape index (κ2) is 6.75. The first-order valence-corrected chi connectivity index (χ1v) is 5.67. The molecule has 0 spiro atoms. The number of carboxylic acid groups (broad SMARTS) is 1. The molecule has 18 heavy (non-hydrogen) atoms. The van der Waals surface area contributed by atoms with Crippen LogP contribution in [0, 0.1) is 0 Å². The van der Waals surface area contributed by atoms with Gasteiger partial charge in [-0.05, 0) is 18.5 Å². The van der Waals surface area contributed by atoms with Crippen LogP contribution in [-0.2, 0) is 23.1 Å². The molecule has 0 aliphatic rings. The van der Waals surface area contributed by atoms with Crippen molar-refractivity contribution in [1.29, 1.82) is 0 Å². The van der Waals surface area contributed by atoms with E-state index in [0.29, 0.717) is 6.54 Å². The van der Waals surface area contributed by atoms with Crippen molar-refractivity contribution in [3.8, 4) is 0 Å². The maximum Gasteiger partial charge on any atom is 0.327 e. The zero-order chi connectivity index (χ0) is 13.5. The fourth-order valence-electron chi connectivity index (χ4n) is 1.53. The first kappa shape index (κ1) is 14.2. The van der Waals surface area contributed by atoms with E-state index in [1.807, 2.05) is 13.2 Å². The van der Waals surface area contributed by atoms with E-state index in [1.54, 1.807) is 10.9 Å². The quantitative estimate of drug-likeness (QED) is 0.550. The Morgan fingerprint density at radius 1 is 1.56 bits per heavy atom. The summed E-state index contributed by atoms with van der Waals surface area (Å²) in [6.45, 7) is 2.13. The first-order valence-electron chi connectivity index (χ1n) is 5.67. The number of carboxylic acids is 1. The third-order valence-electron chi connectivity index (χ3n) is 2.37. The van der Waals surface area contributed by atoms with Crippen LogP contribution in [0.5, 0.6) is 0 Å². The summed E-state index contributed by atoms with van der Waals surface area (Å²) in [6, 6.07) is -0.892. The van der Waals surface area contributed by atoms with E-state index in [9.17, 15) is 9.59 Å². The zero-order valence-electron chi connectivity index (χ0n) is 10.5. The largest absolute Gasteiger partial charge is 0.480 e. The number of hydrogen-bond acceptors (Lipinski definition) is 4. The molecule has 0 aliphatic heterocycles. The van der Waals surface area contributed by atoms with E-state index >= 15 is 0 Å². The highest BCUT2D eigenvalue weighted by Gasteiger charge is 2.17. The van der Waals surface area contributed by atoms with Crippen LogP contribution in [0.4, 0.5) is 0 Å². The van der Waals surface area contributed by atoms with Crippen LogP contribution in [0.2, 0.25) is 0 Å². The minimum atomic E-state index is -1.04. The molecule has 1 atom stereocenters. The van der Waals surface area contributed by atoms with E-state index in [4.69, 9.17) is 5.11 Å². The van der Waals surface area contributed by atoms with Crippen molar-refractivity contribution in [2.75, 3.05) is 13.1 Å². The summed E-state index contributed by atoms with van der Waals surface area (Å²) in [5.41, 5.74) is 1.08. The monoisotopic (exact) mass is 254 g/mol. The summed E-state index contributed by atoms with van der Waals surface area (Å²) in [5, 5.41) is 18.3. The zero-order valence-corrected chi connectivity index (χ0v) is 10.5. The highest BCUT2D eigenvalue weighted by Crippen LogP contribution is 1.96. The Balaban J connectivity index is 2.26. The lowest BCUT2D eigenvalue weighted by Gasteiger charge is -2.13. The lowest BCUT2D eigenvalue weighted by atomic mass is 10.2. The molecule has 1 aromatic heterocycles. The van der Waals surface area contributed by atoms with Crippen LogP contribution >= 0.6 is 0 Å². The van der Waals surface area contributed by atoms with Crippen molar-refractivity contribution in [1.82, 2.24) is 20.4 Å². The number of aromatic nitrogens is 2. The molecule has 0 bridgehead atoms. The van der Waals surface area contributed by atoms with Gasteiger partial charge in [-0.2, -0.15) is 5.10 Å². The van der Waals surface area contributed by atoms with Gasteiger partial charge in [-0.3, -0.25) is 9.48 Å². The van der Waals surface area contributed by atoms with Crippen molar-refractivity contribution in [3.05, 3.63) is 18.0 Å². The van der Waals surface area contributed by atoms with Crippen LogP contribution in [0.25, 0.3) is 0 Å². The smallest absolute Gasteiger partial charge is 0.327 e. The highest BCUT2D eigenvalue weighted by molar-refractivity contribution is 5.82. The third-order valence-corrected chi connectivity index (χ3v) is 2.37. The number of nitrogens with one attached hydrogen (secondary N) is 2. The Morgan fingerprint density at radius 3 is 2.78 bits per heavy atom. The van der Waals surface area contributed by atoms with Gasteiger partial charge in [0.1, 0.15) is 6.04 Å². The van der Waals surface area contributed by atoms with E-state index in [2.05, 4.69) is 15.7 Å². The number of aliphatic carboxylic acids is 1. The Bertz CT molecular complexity index is 416. The van der Waals surface area contributed by atoms with Crippen molar-refractivity contribution in [2.45, 2.75) is 19.4 Å². The average Bonchev–Trinajstić information content (AvgIpc) is 2.68. The fourth-order valence-corrected chi connectivity index (χ4v) is 1.53. The van der Waals surface area contributed by atoms with Crippen molar-refractivity contribution >= 4 is 11.9 Å². The number of carbonyl (C=O) groups excluding carboxylic acids is 1. The summed E-state index contributed by atoms with van der Waals surface area (Å²) in [6.07, 6.45) is 4.44. The summed E-state index contributed by atoms with van der Waals surface area (Å²) < 4.78 is 1.71. The summed E-state index contributed by atoms with van der Waals surface area (Å²) in [5.74, 6) is -1.39. The number of carbonyl (C=O) groups is 2. The van der Waals surface area contributed by atoms with Gasteiger partial charge in [0.25, 0.3) is 0 Å². The van der Waals surface area contributed by atoms with E-state index in [1.165, 1.54) is 6.92 Å². The topological polar surface area (TPSA) is 96.3 Å². The molecule has 1 aromatic rings. The molecule has 7 heteroatoms. The van der Waals surface area contributed by atoms with Crippen LogP contribution in [0.1, 0.15) is 12.5 Å². The molecule has 1 rings (SSSR count). The molecule has 100 valence electrons. The lowest BCUT2D eigenvalue weighted by Crippen LogP contribution is -2.46. The van der Waals surface area contributed by atoms with Gasteiger partial charge in [0.05, 0.1) is 6.20 Å². The number of rotatable bonds is 7. The molecule has 0 aromatic carbocycles. The molecule has 1 heterocycles. The standard InChI is InChI=1S/C11H18N4O3/c1-8(16)14-10(11(17)18)6-12-4-3-9-5-13-15(2)7-9/h5,7,10,12H,3-4,6H2,1-2H3,(H,14,16)(H,17,18). The molecule has 1 unspecified atom stereocenters. The van der Waals surface area contributed by atoms with Gasteiger partial charge in [-0.15, -0.1) is 0 Å². The SMILES string of the molecule is CC(=O)NC(CNCCc1cnn(C)c1)C(=O)O. The number of aryl methyl sites for hydroxylation is 1. The van der Waals surface area contributed by atoms with Crippen LogP contribution < -0.4 is 10.6 Å². The van der Waals surface area contributed by atoms with Gasteiger partial charge in [-0.1, -0.05) is 0 Å². The molecule has 1 amide bonds. The van der Waals surface area contributed by atoms with Crippen molar-refractivity contribution < 1.29 is 14.7 Å². The van der Waals surface area contributed by atoms with Crippen LogP contribution in [0.3, 0.4) is 0 Å². The average molecular weight is 254 g/mol. The Labute approximate surface area is 105 Å². The molecule has 0 saturated heterocycles. The van der Waals surface area contributed by atoms with Crippen molar-refractivity contribution in [3.63, 3.8) is 0 Å². The molecule has 0 aliphatic carbocycles. The molecule has 0 saturated carbocycles. The molecular formula is C11H18N4O3. The Morgan fingerprint density at radius 2 is 2.28 bits per heavy atom. The van der Waals surface area contributed by atoms with Crippen LogP contribution in [-0.4, -0.2) is 45.9 Å². The van der Waals surface area contributed by atoms with E-state index < -0.39 is 12.0 Å². The van der Waals surface area contributed by atoms with Crippen molar-refractivity contribution in [2.24, 2.45) is 7.05 Å². The van der Waals surface area contributed by atoms with Gasteiger partial charge in [-0.25, -0.2) is 4.79 Å². The molecular weight excluding hydrogens is 236 g/mol. The first-order chi connectivity index (χ1) is 8.49. The van der Waals surface area contributed by atoms with Gasteiger partial charge < -0.3 is 15.7 Å². The van der Waals surface area contributed by atoms with Gasteiger partial charge in [0.15, 0.2) is 0 Å². The minimum Gasteiger partial charge on any atom is -0.480 e. The third kappa shape index (κ3) is 4.96. The highest BCUT2D eigenvalue weighted by atomic mass is 16.4. The predicted molar refractivity (Wildman–Crippen MR) is 65.0 cm³/mol. The summed E-state index contributed by atoms with van der Waals surface area (Å²) >= 11 is 0. The van der Waals surface area contributed by atoms with E-state index in [0.717, 1.165) is 12.0 Å². The Kier molecular flexibility index (Phi) is 5.31. The second-order valence-corrected chi connectivity index (χ2v) is 4.07. The molecule has 7 nitrogen and oxygen atoms in total. The Hall–Kier alpha value is -1.89. The van der Waals surface area contributed by atoms with E-state index in [-0.39, 0.29) is 12.5 Å². The molecule has 0 fully saturated rings. The molecule has 3 N–H and O–H groups in total. The summed E-state index contributed by atoms with van der Waals surface area (Å²) in [7, 11) is 1.84. The van der Waals surface area contributed by atoms with Gasteiger partial charge in [0, 0.05) is 26.7 Å². The minimum absolute atomic E-state index is 0.204. The lowest BCUT2D eigenvalue weighted by molar-refractivity contribution is -0.141. The number of nitrogens with zero attached hydrogens (tertiary/aromatic N) is 2. The fraction of sp³-hybridized carbons (Fsp3) is 0.545. The van der Waals surface area contributed by atoms with Gasteiger partial charge >= 0.3 is 5.97 Å². The maximum absolute atomic E-state index is 10.8. The summed E-state index contributed by atoms with van der Waals surface area (Å²) in [4.78, 5) is 21.6. The molecule has 0 radical (unpaired) electrons. The van der Waals surface area contributed by atoms with Gasteiger partial charge in [0.2, 0.25) is 5.91 Å².